The first-order valence-electron chi connectivity index (χ1n) is 12.1. The van der Waals surface area contributed by atoms with Gasteiger partial charge in [-0.3, -0.25) is 13.9 Å². The van der Waals surface area contributed by atoms with Gasteiger partial charge >= 0.3 is 0 Å². The van der Waals surface area contributed by atoms with Crippen LogP contribution < -0.4 is 19.1 Å². The zero-order valence-electron chi connectivity index (χ0n) is 21.6. The number of sulfonamides is 1. The molecule has 0 radical (unpaired) electrons. The van der Waals surface area contributed by atoms with E-state index in [2.05, 4.69) is 5.32 Å². The van der Waals surface area contributed by atoms with Crippen molar-refractivity contribution >= 4 is 50.7 Å². The summed E-state index contributed by atoms with van der Waals surface area (Å²) in [4.78, 5) is 27.4. The highest BCUT2D eigenvalue weighted by molar-refractivity contribution is 7.92. The maximum atomic E-state index is 13.9. The summed E-state index contributed by atoms with van der Waals surface area (Å²) in [5.74, 6) is -1.10. The maximum absolute atomic E-state index is 13.9. The van der Waals surface area contributed by atoms with Crippen LogP contribution in [0.25, 0.3) is 0 Å². The second-order valence-corrected chi connectivity index (χ2v) is 11.5. The summed E-state index contributed by atoms with van der Waals surface area (Å²) in [7, 11) is -2.95. The number of halogens is 3. The lowest BCUT2D eigenvalue weighted by Crippen LogP contribution is -2.50. The monoisotopic (exact) mass is 609 g/mol. The Morgan fingerprint density at radius 2 is 1.65 bits per heavy atom. The minimum absolute atomic E-state index is 0.0479. The molecule has 13 heteroatoms. The van der Waals surface area contributed by atoms with Crippen molar-refractivity contribution in [2.75, 3.05) is 31.1 Å². The van der Waals surface area contributed by atoms with Gasteiger partial charge in [-0.2, -0.15) is 0 Å². The molecule has 1 heterocycles. The molecule has 4 rings (SSSR count). The standard InChI is InChI=1S/C27H26Cl2FN3O6S/c1-17(27(35)31-2)32(15-18-3-9-22(28)23(29)13-18)26(34)16-33(20-6-4-19(30)5-7-20)40(36,37)21-8-10-24-25(14-21)39-12-11-38-24/h3-10,13-14,17H,11-12,15-16H2,1-2H3,(H,31,35). The van der Waals surface area contributed by atoms with Gasteiger partial charge in [0.15, 0.2) is 11.5 Å². The largest absolute Gasteiger partial charge is 0.486 e. The molecule has 9 nitrogen and oxygen atoms in total. The molecular formula is C27H26Cl2FN3O6S. The Morgan fingerprint density at radius 1 is 0.975 bits per heavy atom. The Labute approximate surface area is 241 Å². The molecule has 1 unspecified atom stereocenters. The summed E-state index contributed by atoms with van der Waals surface area (Å²) in [5.41, 5.74) is 0.619. The van der Waals surface area contributed by atoms with Crippen LogP contribution in [0.5, 0.6) is 11.5 Å². The Bertz CT molecular complexity index is 1520. The van der Waals surface area contributed by atoms with Crippen molar-refractivity contribution in [3.63, 3.8) is 0 Å². The molecule has 3 aromatic carbocycles. The van der Waals surface area contributed by atoms with Gasteiger partial charge in [-0.25, -0.2) is 12.8 Å². The fourth-order valence-corrected chi connectivity index (χ4v) is 5.82. The van der Waals surface area contributed by atoms with Crippen molar-refractivity contribution < 1.29 is 31.9 Å². The number of anilines is 1. The molecule has 3 aromatic rings. The molecule has 0 aliphatic carbocycles. The van der Waals surface area contributed by atoms with Gasteiger partial charge in [-0.05, 0) is 61.0 Å². The lowest BCUT2D eigenvalue weighted by Gasteiger charge is -2.32. The van der Waals surface area contributed by atoms with Crippen molar-refractivity contribution in [2.24, 2.45) is 0 Å². The molecular weight excluding hydrogens is 584 g/mol. The Hall–Kier alpha value is -3.54. The summed E-state index contributed by atoms with van der Waals surface area (Å²) in [5, 5.41) is 3.08. The number of nitrogens with zero attached hydrogens (tertiary/aromatic N) is 2. The van der Waals surface area contributed by atoms with E-state index in [4.69, 9.17) is 32.7 Å². The van der Waals surface area contributed by atoms with Gasteiger partial charge in [-0.1, -0.05) is 29.3 Å². The van der Waals surface area contributed by atoms with E-state index in [1.54, 1.807) is 18.2 Å². The minimum atomic E-state index is -4.38. The van der Waals surface area contributed by atoms with Gasteiger partial charge in [0.2, 0.25) is 11.8 Å². The molecule has 2 amide bonds. The molecule has 1 aliphatic heterocycles. The third-order valence-corrected chi connectivity index (χ3v) is 8.75. The minimum Gasteiger partial charge on any atom is -0.486 e. The third kappa shape index (κ3) is 6.43. The third-order valence-electron chi connectivity index (χ3n) is 6.25. The summed E-state index contributed by atoms with van der Waals surface area (Å²) in [6, 6.07) is 12.6. The first-order chi connectivity index (χ1) is 19.0. The summed E-state index contributed by atoms with van der Waals surface area (Å²) < 4.78 is 53.5. The van der Waals surface area contributed by atoms with E-state index >= 15 is 0 Å². The average Bonchev–Trinajstić information content (AvgIpc) is 2.95. The number of carbonyl (C=O) groups excluding carboxylic acids is 2. The molecule has 0 bridgehead atoms. The van der Waals surface area contributed by atoms with E-state index < -0.39 is 40.2 Å². The molecule has 1 N–H and O–H groups in total. The van der Waals surface area contributed by atoms with E-state index in [1.165, 1.54) is 49.2 Å². The van der Waals surface area contributed by atoms with Crippen LogP contribution in [0, 0.1) is 5.82 Å². The highest BCUT2D eigenvalue weighted by Crippen LogP contribution is 2.34. The number of nitrogens with one attached hydrogen (secondary N) is 1. The van der Waals surface area contributed by atoms with Crippen LogP contribution in [0.15, 0.2) is 65.6 Å². The molecule has 0 spiro atoms. The van der Waals surface area contributed by atoms with Crippen molar-refractivity contribution in [3.8, 4) is 11.5 Å². The number of fused-ring (bicyclic) bond motifs is 1. The number of hydrogen-bond acceptors (Lipinski definition) is 6. The number of amides is 2. The highest BCUT2D eigenvalue weighted by Gasteiger charge is 2.33. The summed E-state index contributed by atoms with van der Waals surface area (Å²) in [6.45, 7) is 1.34. The summed E-state index contributed by atoms with van der Waals surface area (Å²) in [6.07, 6.45) is 0. The lowest BCUT2D eigenvalue weighted by molar-refractivity contribution is -0.139. The van der Waals surface area contributed by atoms with Gasteiger partial charge in [0.1, 0.15) is 31.6 Å². The van der Waals surface area contributed by atoms with E-state index in [-0.39, 0.29) is 34.5 Å². The molecule has 0 saturated heterocycles. The zero-order valence-corrected chi connectivity index (χ0v) is 23.9. The van der Waals surface area contributed by atoms with E-state index in [1.807, 2.05) is 0 Å². The van der Waals surface area contributed by atoms with Crippen LogP contribution in [0.1, 0.15) is 12.5 Å². The number of hydrogen-bond donors (Lipinski definition) is 1. The molecule has 1 aliphatic rings. The number of ether oxygens (including phenoxy) is 2. The highest BCUT2D eigenvalue weighted by atomic mass is 35.5. The fourth-order valence-electron chi connectivity index (χ4n) is 4.07. The Kier molecular flexibility index (Phi) is 9.07. The number of benzene rings is 3. The van der Waals surface area contributed by atoms with Crippen LogP contribution in [0.2, 0.25) is 10.0 Å². The predicted octanol–water partition coefficient (Wildman–Crippen LogP) is 4.26. The van der Waals surface area contributed by atoms with E-state index in [0.717, 1.165) is 16.4 Å². The molecule has 1 atom stereocenters. The number of likely N-dealkylation sites (N-methyl/N-ethyl adjacent to an activating group) is 1. The van der Waals surface area contributed by atoms with Crippen molar-refractivity contribution in [1.82, 2.24) is 10.2 Å². The van der Waals surface area contributed by atoms with Gasteiger partial charge in [-0.15, -0.1) is 0 Å². The molecule has 0 aromatic heterocycles. The van der Waals surface area contributed by atoms with Crippen LogP contribution in [-0.2, 0) is 26.2 Å². The quantitative estimate of drug-likeness (QED) is 0.388. The Balaban J connectivity index is 1.73. The van der Waals surface area contributed by atoms with Crippen LogP contribution in [0.3, 0.4) is 0 Å². The van der Waals surface area contributed by atoms with Gasteiger partial charge in [0.25, 0.3) is 10.0 Å². The van der Waals surface area contributed by atoms with Crippen LogP contribution in [-0.4, -0.2) is 58.0 Å². The normalized spacial score (nSPS) is 13.3. The van der Waals surface area contributed by atoms with Crippen LogP contribution >= 0.6 is 23.2 Å². The average molecular weight is 610 g/mol. The zero-order chi connectivity index (χ0) is 29.0. The first-order valence-corrected chi connectivity index (χ1v) is 14.3. The number of carbonyl (C=O) groups is 2. The molecule has 0 saturated carbocycles. The SMILES string of the molecule is CNC(=O)C(C)N(Cc1ccc(Cl)c(Cl)c1)C(=O)CN(c1ccc(F)cc1)S(=O)(=O)c1ccc2c(c1)OCCO2. The maximum Gasteiger partial charge on any atom is 0.264 e. The van der Waals surface area contributed by atoms with Gasteiger partial charge in [0.05, 0.1) is 20.6 Å². The molecule has 0 fully saturated rings. The number of rotatable bonds is 9. The predicted molar refractivity (Wildman–Crippen MR) is 149 cm³/mol. The topological polar surface area (TPSA) is 105 Å². The second-order valence-electron chi connectivity index (χ2n) is 8.85. The van der Waals surface area contributed by atoms with Crippen molar-refractivity contribution in [3.05, 3.63) is 82.1 Å². The molecule has 40 heavy (non-hydrogen) atoms. The first kappa shape index (κ1) is 29.4. The van der Waals surface area contributed by atoms with Gasteiger partial charge in [0, 0.05) is 19.7 Å². The summed E-state index contributed by atoms with van der Waals surface area (Å²) >= 11 is 12.2. The fraction of sp³-hybridized carbons (Fsp3) is 0.259. The van der Waals surface area contributed by atoms with Gasteiger partial charge < -0.3 is 19.7 Å². The lowest BCUT2D eigenvalue weighted by atomic mass is 10.1. The smallest absolute Gasteiger partial charge is 0.264 e. The Morgan fingerprint density at radius 3 is 2.30 bits per heavy atom. The molecule has 212 valence electrons. The van der Waals surface area contributed by atoms with Crippen molar-refractivity contribution in [1.29, 1.82) is 0 Å². The van der Waals surface area contributed by atoms with Crippen LogP contribution in [0.4, 0.5) is 10.1 Å². The van der Waals surface area contributed by atoms with E-state index in [0.29, 0.717) is 22.9 Å². The second kappa shape index (κ2) is 12.3. The van der Waals surface area contributed by atoms with Crippen molar-refractivity contribution in [2.45, 2.75) is 24.4 Å². The van der Waals surface area contributed by atoms with E-state index in [9.17, 15) is 22.4 Å².